The molecule has 0 atom stereocenters. The third-order valence-corrected chi connectivity index (χ3v) is 1.76. The molecule has 0 rings (SSSR count). The summed E-state index contributed by atoms with van der Waals surface area (Å²) < 4.78 is 14.7. The zero-order valence-electron chi connectivity index (χ0n) is 11.5. The molecule has 0 fully saturated rings. The number of alkyl carbamates (subject to hydrolysis) is 1. The van der Waals surface area contributed by atoms with Gasteiger partial charge >= 0.3 is 12.1 Å². The molecule has 6 nitrogen and oxygen atoms in total. The molecule has 0 heterocycles. The van der Waals surface area contributed by atoms with Gasteiger partial charge in [-0.1, -0.05) is 18.7 Å². The van der Waals surface area contributed by atoms with E-state index in [9.17, 15) is 9.59 Å². The van der Waals surface area contributed by atoms with Crippen molar-refractivity contribution in [3.63, 3.8) is 0 Å². The van der Waals surface area contributed by atoms with E-state index in [1.165, 1.54) is 0 Å². The first-order valence-electron chi connectivity index (χ1n) is 5.89. The lowest BCUT2D eigenvalue weighted by molar-refractivity contribution is -0.139. The molecule has 0 aromatic rings. The lowest BCUT2D eigenvalue weighted by Crippen LogP contribution is -2.29. The van der Waals surface area contributed by atoms with Gasteiger partial charge in [-0.15, -0.1) is 0 Å². The molecule has 0 saturated heterocycles. The van der Waals surface area contributed by atoms with E-state index in [1.807, 2.05) is 6.92 Å². The van der Waals surface area contributed by atoms with Crippen LogP contribution in [0.5, 0.6) is 0 Å². The summed E-state index contributed by atoms with van der Waals surface area (Å²) in [5.74, 6) is -0.503. The molecule has 0 radical (unpaired) electrons. The van der Waals surface area contributed by atoms with Crippen molar-refractivity contribution in [3.05, 3.63) is 24.3 Å². The summed E-state index contributed by atoms with van der Waals surface area (Å²) in [5.41, 5.74) is 1.22. The summed E-state index contributed by atoms with van der Waals surface area (Å²) in [6, 6.07) is 0. The molecule has 0 aliphatic rings. The predicted octanol–water partition coefficient (Wildman–Crippen LogP) is 1.42. The highest BCUT2D eigenvalue weighted by Crippen LogP contribution is 1.91. The Morgan fingerprint density at radius 1 is 1.05 bits per heavy atom. The van der Waals surface area contributed by atoms with Crippen LogP contribution in [0.4, 0.5) is 4.79 Å². The molecule has 108 valence electrons. The van der Waals surface area contributed by atoms with Crippen molar-refractivity contribution in [1.82, 2.24) is 5.32 Å². The first-order chi connectivity index (χ1) is 8.93. The summed E-state index contributed by atoms with van der Waals surface area (Å²) in [5, 5.41) is 2.49. The highest BCUT2D eigenvalue weighted by molar-refractivity contribution is 5.86. The quantitative estimate of drug-likeness (QED) is 0.297. The van der Waals surface area contributed by atoms with Crippen LogP contribution in [0.2, 0.25) is 0 Å². The Balaban J connectivity index is 3.42. The Morgan fingerprint density at radius 2 is 1.68 bits per heavy atom. The summed E-state index contributed by atoms with van der Waals surface area (Å²) in [6.45, 7) is 11.7. The Labute approximate surface area is 113 Å². The maximum atomic E-state index is 11.2. The van der Waals surface area contributed by atoms with E-state index in [1.54, 1.807) is 6.92 Å². The number of hydrogen-bond acceptors (Lipinski definition) is 5. The molecular formula is C13H21NO5. The molecule has 0 bridgehead atoms. The second-order valence-electron chi connectivity index (χ2n) is 3.99. The van der Waals surface area contributed by atoms with Gasteiger partial charge in [0.15, 0.2) is 0 Å². The Morgan fingerprint density at radius 3 is 2.26 bits per heavy atom. The highest BCUT2D eigenvalue weighted by atomic mass is 16.6. The van der Waals surface area contributed by atoms with Crippen LogP contribution in [0.3, 0.4) is 0 Å². The first kappa shape index (κ1) is 17.2. The number of esters is 1. The lowest BCUT2D eigenvalue weighted by Gasteiger charge is -2.08. The molecule has 0 saturated carbocycles. The first-order valence-corrected chi connectivity index (χ1v) is 5.89. The fourth-order valence-electron chi connectivity index (χ4n) is 0.915. The van der Waals surface area contributed by atoms with Crippen molar-refractivity contribution in [2.75, 3.05) is 33.0 Å². The molecule has 19 heavy (non-hydrogen) atoms. The normalized spacial score (nSPS) is 9.58. The van der Waals surface area contributed by atoms with Crippen molar-refractivity contribution in [2.45, 2.75) is 13.8 Å². The molecule has 0 aromatic heterocycles. The summed E-state index contributed by atoms with van der Waals surface area (Å²) in [7, 11) is 0. The average Bonchev–Trinajstić information content (AvgIpc) is 2.33. The van der Waals surface area contributed by atoms with E-state index >= 15 is 0 Å². The monoisotopic (exact) mass is 271 g/mol. The van der Waals surface area contributed by atoms with Gasteiger partial charge in [-0.2, -0.15) is 0 Å². The van der Waals surface area contributed by atoms with Crippen LogP contribution in [0, 0.1) is 0 Å². The number of rotatable bonds is 9. The van der Waals surface area contributed by atoms with Crippen molar-refractivity contribution >= 4 is 12.1 Å². The van der Waals surface area contributed by atoms with Crippen LogP contribution in [0.1, 0.15) is 13.8 Å². The van der Waals surface area contributed by atoms with Gasteiger partial charge in [-0.05, 0) is 13.8 Å². The van der Waals surface area contributed by atoms with Gasteiger partial charge in [0, 0.05) is 12.1 Å². The fraction of sp³-hybridized carbons (Fsp3) is 0.538. The van der Waals surface area contributed by atoms with E-state index < -0.39 is 12.1 Å². The van der Waals surface area contributed by atoms with E-state index in [0.29, 0.717) is 25.3 Å². The van der Waals surface area contributed by atoms with E-state index in [0.717, 1.165) is 5.57 Å². The van der Waals surface area contributed by atoms with Gasteiger partial charge in [0.1, 0.15) is 13.2 Å². The van der Waals surface area contributed by atoms with Crippen molar-refractivity contribution < 1.29 is 23.8 Å². The number of nitrogens with one attached hydrogen (secondary N) is 1. The maximum absolute atomic E-state index is 11.2. The summed E-state index contributed by atoms with van der Waals surface area (Å²) in [4.78, 5) is 22.1. The maximum Gasteiger partial charge on any atom is 0.407 e. The Hall–Kier alpha value is -1.82. The van der Waals surface area contributed by atoms with Gasteiger partial charge < -0.3 is 19.5 Å². The standard InChI is InChI=1S/C13H21NO5/c1-10(2)9-17-6-5-14-13(16)19-8-7-18-12(15)11(3)4/h1,3,5-9H2,2,4H3,(H,14,16). The second kappa shape index (κ2) is 10.1. The van der Waals surface area contributed by atoms with Gasteiger partial charge in [-0.3, -0.25) is 0 Å². The SMILES string of the molecule is C=C(C)COCCNC(=O)OCCOC(=O)C(=C)C. The molecule has 1 amide bonds. The smallest absolute Gasteiger partial charge is 0.407 e. The zero-order chi connectivity index (χ0) is 14.7. The summed E-state index contributed by atoms with van der Waals surface area (Å²) in [6.07, 6.45) is -0.578. The fourth-order valence-corrected chi connectivity index (χ4v) is 0.915. The van der Waals surface area contributed by atoms with Crippen LogP contribution in [-0.4, -0.2) is 45.0 Å². The van der Waals surface area contributed by atoms with E-state index in [4.69, 9.17) is 14.2 Å². The minimum atomic E-state index is -0.578. The van der Waals surface area contributed by atoms with Crippen molar-refractivity contribution in [3.8, 4) is 0 Å². The molecule has 1 N–H and O–H groups in total. The molecular weight excluding hydrogens is 250 g/mol. The zero-order valence-corrected chi connectivity index (χ0v) is 11.5. The van der Waals surface area contributed by atoms with Crippen molar-refractivity contribution in [1.29, 1.82) is 0 Å². The molecule has 0 unspecified atom stereocenters. The Bertz CT molecular complexity index is 338. The highest BCUT2D eigenvalue weighted by Gasteiger charge is 2.04. The topological polar surface area (TPSA) is 73.9 Å². The molecule has 0 spiro atoms. The predicted molar refractivity (Wildman–Crippen MR) is 70.8 cm³/mol. The van der Waals surface area contributed by atoms with Gasteiger partial charge in [-0.25, -0.2) is 9.59 Å². The van der Waals surface area contributed by atoms with Gasteiger partial charge in [0.05, 0.1) is 13.2 Å². The van der Waals surface area contributed by atoms with Gasteiger partial charge in [0.2, 0.25) is 0 Å². The minimum Gasteiger partial charge on any atom is -0.459 e. The molecule has 0 aliphatic heterocycles. The minimum absolute atomic E-state index is 0.00250. The van der Waals surface area contributed by atoms with Crippen LogP contribution >= 0.6 is 0 Å². The molecule has 6 heteroatoms. The lowest BCUT2D eigenvalue weighted by atomic mass is 10.4. The number of carbonyl (C=O) groups excluding carboxylic acids is 2. The number of amides is 1. The van der Waals surface area contributed by atoms with Crippen LogP contribution < -0.4 is 5.32 Å². The van der Waals surface area contributed by atoms with Crippen molar-refractivity contribution in [2.24, 2.45) is 0 Å². The number of hydrogen-bond donors (Lipinski definition) is 1. The second-order valence-corrected chi connectivity index (χ2v) is 3.99. The van der Waals surface area contributed by atoms with E-state index in [-0.39, 0.29) is 13.2 Å². The molecule has 0 aromatic carbocycles. The Kier molecular flexibility index (Phi) is 9.16. The van der Waals surface area contributed by atoms with Crippen LogP contribution in [0.15, 0.2) is 24.3 Å². The third-order valence-electron chi connectivity index (χ3n) is 1.76. The molecule has 0 aliphatic carbocycles. The third kappa shape index (κ3) is 11.0. The van der Waals surface area contributed by atoms with Crippen LogP contribution in [-0.2, 0) is 19.0 Å². The largest absolute Gasteiger partial charge is 0.459 e. The summed E-state index contributed by atoms with van der Waals surface area (Å²) >= 11 is 0. The average molecular weight is 271 g/mol. The number of ether oxygens (including phenoxy) is 3. The number of carbonyl (C=O) groups is 2. The van der Waals surface area contributed by atoms with Gasteiger partial charge in [0.25, 0.3) is 0 Å². The van der Waals surface area contributed by atoms with Crippen LogP contribution in [0.25, 0.3) is 0 Å². The van der Waals surface area contributed by atoms with E-state index in [2.05, 4.69) is 18.5 Å².